The third kappa shape index (κ3) is 5.95. The van der Waals surface area contributed by atoms with E-state index in [2.05, 4.69) is 4.98 Å². The maximum Gasteiger partial charge on any atom is 0.416 e. The first kappa shape index (κ1) is 22.6. The van der Waals surface area contributed by atoms with Crippen LogP contribution in [0.4, 0.5) is 13.2 Å². The number of alkyl halides is 3. The summed E-state index contributed by atoms with van der Waals surface area (Å²) in [6.07, 6.45) is 1.32. The molecule has 0 radical (unpaired) electrons. The lowest BCUT2D eigenvalue weighted by molar-refractivity contribution is -0.137. The molecule has 0 bridgehead atoms. The summed E-state index contributed by atoms with van der Waals surface area (Å²) >= 11 is 0. The van der Waals surface area contributed by atoms with E-state index >= 15 is 0 Å². The zero-order chi connectivity index (χ0) is 21.8. The number of halogens is 3. The molecule has 0 atom stereocenters. The Morgan fingerprint density at radius 1 is 1.07 bits per heavy atom. The highest BCUT2D eigenvalue weighted by Crippen LogP contribution is 2.31. The number of nitrogens with zero attached hydrogens (tertiary/aromatic N) is 1. The van der Waals surface area contributed by atoms with Crippen LogP contribution in [0.1, 0.15) is 43.2 Å². The molecule has 0 amide bonds. The number of hydrogen-bond donors (Lipinski definition) is 0. The van der Waals surface area contributed by atoms with Crippen molar-refractivity contribution in [3.05, 3.63) is 53.7 Å². The molecular weight excluding hydrogens is 419 g/mol. The molecule has 1 fully saturated rings. The van der Waals surface area contributed by atoms with Crippen molar-refractivity contribution in [2.24, 2.45) is 5.92 Å². The fraction of sp³-hybridized carbons (Fsp3) is 0.476. The molecule has 9 heteroatoms. The minimum Gasteiger partial charge on any atom is -0.474 e. The molecule has 0 unspecified atom stereocenters. The van der Waals surface area contributed by atoms with Gasteiger partial charge in [0, 0.05) is 11.8 Å². The minimum atomic E-state index is -4.51. The van der Waals surface area contributed by atoms with Crippen LogP contribution in [-0.2, 0) is 20.5 Å². The van der Waals surface area contributed by atoms with Gasteiger partial charge in [-0.1, -0.05) is 6.07 Å². The Labute approximate surface area is 174 Å². The van der Waals surface area contributed by atoms with Crippen molar-refractivity contribution < 1.29 is 30.5 Å². The molecular formula is C21H24F3NO4S. The number of ether oxygens (including phenoxy) is 1. The topological polar surface area (TPSA) is 65.5 Å². The van der Waals surface area contributed by atoms with Gasteiger partial charge in [0.2, 0.25) is 5.88 Å². The van der Waals surface area contributed by atoms with E-state index in [9.17, 15) is 21.6 Å². The molecule has 0 spiro atoms. The molecule has 1 aliphatic carbocycles. The van der Waals surface area contributed by atoms with Crippen LogP contribution < -0.4 is 4.74 Å². The second-order valence-corrected chi connectivity index (χ2v) is 9.09. The van der Waals surface area contributed by atoms with E-state index in [4.69, 9.17) is 8.92 Å². The molecule has 1 saturated carbocycles. The van der Waals surface area contributed by atoms with Gasteiger partial charge >= 0.3 is 6.18 Å². The van der Waals surface area contributed by atoms with Crippen LogP contribution in [0.15, 0.2) is 47.5 Å². The van der Waals surface area contributed by atoms with Gasteiger partial charge in [-0.3, -0.25) is 4.18 Å². The second-order valence-electron chi connectivity index (χ2n) is 7.47. The highest BCUT2D eigenvalue weighted by Gasteiger charge is 2.31. The summed E-state index contributed by atoms with van der Waals surface area (Å²) in [6.45, 7) is 1.95. The fourth-order valence-corrected chi connectivity index (χ4v) is 4.42. The molecule has 1 heterocycles. The number of aromatic nitrogens is 1. The first-order valence-electron chi connectivity index (χ1n) is 9.80. The van der Waals surface area contributed by atoms with Crippen molar-refractivity contribution in [1.82, 2.24) is 4.98 Å². The van der Waals surface area contributed by atoms with Crippen molar-refractivity contribution >= 4 is 10.1 Å². The Morgan fingerprint density at radius 2 is 1.73 bits per heavy atom. The summed E-state index contributed by atoms with van der Waals surface area (Å²) in [4.78, 5) is 3.97. The number of benzene rings is 1. The maximum absolute atomic E-state index is 12.6. The van der Waals surface area contributed by atoms with E-state index in [0.717, 1.165) is 55.5 Å². The van der Waals surface area contributed by atoms with E-state index < -0.39 is 21.9 Å². The van der Waals surface area contributed by atoms with E-state index in [-0.39, 0.29) is 17.6 Å². The standard InChI is InChI=1S/C21H24F3NO4S/c1-15-3-2-13-25-20(15)29-18-8-4-16(5-9-18)12-14-28-30(26,27)19-10-6-17(7-11-19)21(22,23)24/h2-3,6-7,10-11,13,16,18H,4-5,8-9,12,14H2,1H3. The molecule has 3 rings (SSSR count). The average Bonchev–Trinajstić information content (AvgIpc) is 2.70. The largest absolute Gasteiger partial charge is 0.474 e. The Bertz CT molecular complexity index is 937. The van der Waals surface area contributed by atoms with Crippen molar-refractivity contribution in [3.63, 3.8) is 0 Å². The lowest BCUT2D eigenvalue weighted by Gasteiger charge is -2.28. The summed E-state index contributed by atoms with van der Waals surface area (Å²) in [6, 6.07) is 7.11. The van der Waals surface area contributed by atoms with Crippen LogP contribution in [0.3, 0.4) is 0 Å². The van der Waals surface area contributed by atoms with Gasteiger partial charge in [0.25, 0.3) is 10.1 Å². The summed E-state index contributed by atoms with van der Waals surface area (Å²) in [7, 11) is -4.08. The summed E-state index contributed by atoms with van der Waals surface area (Å²) in [5.74, 6) is 0.962. The monoisotopic (exact) mass is 443 g/mol. The smallest absolute Gasteiger partial charge is 0.416 e. The van der Waals surface area contributed by atoms with E-state index in [1.54, 1.807) is 6.20 Å². The minimum absolute atomic E-state index is 0.00110. The third-order valence-corrected chi connectivity index (χ3v) is 6.59. The molecule has 1 aromatic carbocycles. The molecule has 0 N–H and O–H groups in total. The Hall–Kier alpha value is -2.13. The fourth-order valence-electron chi connectivity index (χ4n) is 3.49. The van der Waals surface area contributed by atoms with Gasteiger partial charge in [0.1, 0.15) is 6.10 Å². The van der Waals surface area contributed by atoms with Gasteiger partial charge < -0.3 is 4.74 Å². The van der Waals surface area contributed by atoms with E-state index in [1.807, 2.05) is 19.1 Å². The van der Waals surface area contributed by atoms with Crippen molar-refractivity contribution in [2.45, 2.75) is 56.2 Å². The van der Waals surface area contributed by atoms with Gasteiger partial charge in [-0.25, -0.2) is 4.98 Å². The Balaban J connectivity index is 1.44. The predicted octanol–water partition coefficient (Wildman–Crippen LogP) is 5.14. The average molecular weight is 443 g/mol. The van der Waals surface area contributed by atoms with Gasteiger partial charge in [-0.15, -0.1) is 0 Å². The molecule has 0 saturated heterocycles. The second kappa shape index (κ2) is 9.34. The normalized spacial score (nSPS) is 20.1. The summed E-state index contributed by atoms with van der Waals surface area (Å²) in [5.41, 5.74) is 0.0859. The lowest BCUT2D eigenvalue weighted by Crippen LogP contribution is -2.25. The lowest BCUT2D eigenvalue weighted by atomic mass is 9.85. The number of hydrogen-bond acceptors (Lipinski definition) is 5. The molecule has 2 aromatic rings. The maximum atomic E-state index is 12.6. The van der Waals surface area contributed by atoms with Crippen LogP contribution >= 0.6 is 0 Å². The highest BCUT2D eigenvalue weighted by atomic mass is 32.2. The van der Waals surface area contributed by atoms with Crippen LogP contribution in [0, 0.1) is 12.8 Å². The van der Waals surface area contributed by atoms with Gasteiger partial charge in [0.05, 0.1) is 17.1 Å². The molecule has 0 aliphatic heterocycles. The number of pyridine rings is 1. The Morgan fingerprint density at radius 3 is 2.33 bits per heavy atom. The zero-order valence-electron chi connectivity index (χ0n) is 16.6. The highest BCUT2D eigenvalue weighted by molar-refractivity contribution is 7.86. The molecule has 30 heavy (non-hydrogen) atoms. The molecule has 1 aliphatic rings. The number of aryl methyl sites for hydroxylation is 1. The van der Waals surface area contributed by atoms with Gasteiger partial charge in [-0.2, -0.15) is 21.6 Å². The first-order chi connectivity index (χ1) is 14.1. The quantitative estimate of drug-likeness (QED) is 0.554. The number of rotatable bonds is 7. The van der Waals surface area contributed by atoms with E-state index in [1.165, 1.54) is 0 Å². The van der Waals surface area contributed by atoms with Crippen LogP contribution in [0.5, 0.6) is 5.88 Å². The van der Waals surface area contributed by atoms with Crippen molar-refractivity contribution in [2.75, 3.05) is 6.61 Å². The first-order valence-corrected chi connectivity index (χ1v) is 11.2. The Kier molecular flexibility index (Phi) is 7.02. The van der Waals surface area contributed by atoms with Gasteiger partial charge in [-0.05, 0) is 75.3 Å². The zero-order valence-corrected chi connectivity index (χ0v) is 17.4. The molecule has 164 valence electrons. The van der Waals surface area contributed by atoms with E-state index in [0.29, 0.717) is 18.2 Å². The van der Waals surface area contributed by atoms with Gasteiger partial charge in [0.15, 0.2) is 0 Å². The van der Waals surface area contributed by atoms with Crippen molar-refractivity contribution in [3.8, 4) is 5.88 Å². The van der Waals surface area contributed by atoms with Crippen LogP contribution in [0.2, 0.25) is 0 Å². The van der Waals surface area contributed by atoms with Crippen molar-refractivity contribution in [1.29, 1.82) is 0 Å². The summed E-state index contributed by atoms with van der Waals surface area (Å²) < 4.78 is 73.2. The third-order valence-electron chi connectivity index (χ3n) is 5.27. The van der Waals surface area contributed by atoms with Crippen LogP contribution in [-0.4, -0.2) is 26.1 Å². The predicted molar refractivity (Wildman–Crippen MR) is 105 cm³/mol. The SMILES string of the molecule is Cc1cccnc1OC1CCC(CCOS(=O)(=O)c2ccc(C(F)(F)F)cc2)CC1. The molecule has 1 aromatic heterocycles. The van der Waals surface area contributed by atoms with Crippen LogP contribution in [0.25, 0.3) is 0 Å². The molecule has 5 nitrogen and oxygen atoms in total. The summed E-state index contributed by atoms with van der Waals surface area (Å²) in [5, 5.41) is 0.